The fourth-order valence-electron chi connectivity index (χ4n) is 8.84. The number of aromatic nitrogens is 2. The molecule has 1 aromatic carbocycles. The molecule has 8 atom stereocenters. The fraction of sp³-hybridized carbons (Fsp3) is 0.609. The number of pyridine rings is 1. The highest BCUT2D eigenvalue weighted by atomic mass is 35.5. The van der Waals surface area contributed by atoms with Crippen LogP contribution in [0.3, 0.4) is 0 Å². The van der Waals surface area contributed by atoms with Gasteiger partial charge in [0, 0.05) is 49.5 Å². The van der Waals surface area contributed by atoms with E-state index in [1.54, 1.807) is 18.2 Å². The normalized spacial score (nSPS) is 26.4. The smallest absolute Gasteiger partial charge is 0.408 e. The molecule has 0 spiro atoms. The molecule has 0 bridgehead atoms. The lowest BCUT2D eigenvalue weighted by Crippen LogP contribution is -2.59. The number of benzene rings is 1. The van der Waals surface area contributed by atoms with E-state index >= 15 is 0 Å². The molecular formula is C46H62ClN7O10. The number of halogens is 1. The van der Waals surface area contributed by atoms with Gasteiger partial charge in [-0.3, -0.25) is 14.5 Å². The molecule has 2 aliphatic carbocycles. The Bertz CT molecular complexity index is 2210. The second kappa shape index (κ2) is 19.1. The molecule has 0 radical (unpaired) electrons. The third kappa shape index (κ3) is 10.4. The number of aliphatic carboxylic acids is 1. The summed E-state index contributed by atoms with van der Waals surface area (Å²) in [6.07, 6.45) is 2.78. The number of nitrogens with one attached hydrogen (secondary N) is 3. The van der Waals surface area contributed by atoms with Gasteiger partial charge < -0.3 is 49.3 Å². The number of carboxylic acids is 1. The van der Waals surface area contributed by atoms with E-state index in [0.29, 0.717) is 78.0 Å². The Balaban J connectivity index is 1.20. The Morgan fingerprint density at radius 3 is 2.41 bits per heavy atom. The molecule has 4 aliphatic rings. The van der Waals surface area contributed by atoms with Crippen molar-refractivity contribution in [1.82, 2.24) is 30.4 Å². The Morgan fingerprint density at radius 1 is 1.05 bits per heavy atom. The van der Waals surface area contributed by atoms with Gasteiger partial charge in [0.1, 0.15) is 64.9 Å². The number of hydrogen-bond acceptors (Lipinski definition) is 13. The molecule has 3 amide bonds. The number of alkyl carbamates (subject to hydrolysis) is 1. The number of amides is 3. The van der Waals surface area contributed by atoms with Gasteiger partial charge in [0.25, 0.3) is 6.01 Å². The Morgan fingerprint density at radius 2 is 1.77 bits per heavy atom. The summed E-state index contributed by atoms with van der Waals surface area (Å²) < 4.78 is 30.0. The van der Waals surface area contributed by atoms with Gasteiger partial charge in [0.2, 0.25) is 11.8 Å². The number of hydrogen-bond donors (Lipinski definition) is 4. The molecule has 3 aromatic rings. The number of fused-ring (bicyclic) bond motifs is 1. The van der Waals surface area contributed by atoms with Crippen LogP contribution in [0, 0.1) is 23.2 Å². The fourth-order valence-corrected chi connectivity index (χ4v) is 9.10. The molecule has 4 N–H and O–H groups in total. The first kappa shape index (κ1) is 46.9. The summed E-state index contributed by atoms with van der Waals surface area (Å²) >= 11 is 7.08. The van der Waals surface area contributed by atoms with Crippen molar-refractivity contribution in [3.63, 3.8) is 0 Å². The quantitative estimate of drug-likeness (QED) is 0.119. The average molecular weight is 908 g/mol. The number of nitrogens with zero attached hydrogens (tertiary/aromatic N) is 4. The van der Waals surface area contributed by atoms with Crippen molar-refractivity contribution >= 4 is 52.4 Å². The zero-order chi connectivity index (χ0) is 46.1. The van der Waals surface area contributed by atoms with Crippen LogP contribution in [0.2, 0.25) is 5.02 Å². The summed E-state index contributed by atoms with van der Waals surface area (Å²) in [7, 11) is 0. The minimum Gasteiger partial charge on any atom is -0.491 e. The van der Waals surface area contributed by atoms with Gasteiger partial charge in [0.05, 0.1) is 31.0 Å². The van der Waals surface area contributed by atoms with Crippen molar-refractivity contribution in [1.29, 1.82) is 0 Å². The summed E-state index contributed by atoms with van der Waals surface area (Å²) in [5.74, 6) is -1.34. The number of carbonyl (C=O) groups is 4. The maximum atomic E-state index is 14.8. The number of carboxylic acid groups (broad SMARTS) is 1. The molecule has 4 fully saturated rings. The maximum Gasteiger partial charge on any atom is 0.408 e. The molecule has 4 heterocycles. The third-order valence-electron chi connectivity index (χ3n) is 12.9. The molecule has 2 aromatic heterocycles. The molecular weight excluding hydrogens is 846 g/mol. The predicted octanol–water partition coefficient (Wildman–Crippen LogP) is 6.14. The van der Waals surface area contributed by atoms with Crippen LogP contribution in [0.25, 0.3) is 22.3 Å². The first-order valence-electron chi connectivity index (χ1n) is 22.3. The van der Waals surface area contributed by atoms with Gasteiger partial charge in [-0.25, -0.2) is 14.6 Å². The van der Waals surface area contributed by atoms with Gasteiger partial charge >= 0.3 is 12.1 Å². The largest absolute Gasteiger partial charge is 0.491 e. The van der Waals surface area contributed by atoms with E-state index in [2.05, 4.69) is 46.3 Å². The van der Waals surface area contributed by atoms with Crippen molar-refractivity contribution in [2.75, 3.05) is 51.3 Å². The number of carbonyl (C=O) groups excluding carboxylic acids is 3. The minimum absolute atomic E-state index is 0.00672. The molecule has 348 valence electrons. The van der Waals surface area contributed by atoms with Crippen LogP contribution < -0.4 is 25.4 Å². The molecule has 2 saturated carbocycles. The lowest BCUT2D eigenvalue weighted by Gasteiger charge is -2.35. The number of anilines is 1. The molecule has 2 saturated heterocycles. The van der Waals surface area contributed by atoms with Crippen molar-refractivity contribution in [2.24, 2.45) is 23.2 Å². The number of oxazole rings is 1. The summed E-state index contributed by atoms with van der Waals surface area (Å²) in [4.78, 5) is 68.2. The summed E-state index contributed by atoms with van der Waals surface area (Å²) in [6.45, 7) is 21.3. The molecule has 1 unspecified atom stereocenters. The molecule has 17 nitrogen and oxygen atoms in total. The zero-order valence-electron chi connectivity index (χ0n) is 37.8. The topological polar surface area (TPSA) is 207 Å². The summed E-state index contributed by atoms with van der Waals surface area (Å²) in [6, 6.07) is 3.31. The van der Waals surface area contributed by atoms with E-state index in [9.17, 15) is 24.3 Å². The molecule has 64 heavy (non-hydrogen) atoms. The number of likely N-dealkylation sites (tertiary alicyclic amines) is 1. The second-order valence-corrected chi connectivity index (χ2v) is 19.5. The van der Waals surface area contributed by atoms with Crippen LogP contribution >= 0.6 is 11.6 Å². The van der Waals surface area contributed by atoms with Crippen LogP contribution in [0.1, 0.15) is 74.1 Å². The second-order valence-electron chi connectivity index (χ2n) is 19.1. The summed E-state index contributed by atoms with van der Waals surface area (Å²) in [5.41, 5.74) is -1.23. The predicted molar refractivity (Wildman–Crippen MR) is 239 cm³/mol. The van der Waals surface area contributed by atoms with E-state index in [0.717, 1.165) is 25.9 Å². The van der Waals surface area contributed by atoms with E-state index < -0.39 is 58.9 Å². The number of morpholine rings is 1. The molecule has 2 aliphatic heterocycles. The first-order valence-corrected chi connectivity index (χ1v) is 22.7. The number of rotatable bonds is 16. The van der Waals surface area contributed by atoms with Gasteiger partial charge in [0.15, 0.2) is 0 Å². The van der Waals surface area contributed by atoms with Gasteiger partial charge in [-0.2, -0.15) is 4.98 Å². The van der Waals surface area contributed by atoms with Gasteiger partial charge in [-0.15, -0.1) is 6.58 Å². The lowest BCUT2D eigenvalue weighted by molar-refractivity contribution is -0.146. The van der Waals surface area contributed by atoms with E-state index in [-0.39, 0.29) is 36.6 Å². The molecule has 7 rings (SSSR count). The average Bonchev–Trinajstić information content (AvgIpc) is 3.47. The zero-order valence-corrected chi connectivity index (χ0v) is 38.5. The monoisotopic (exact) mass is 907 g/mol. The van der Waals surface area contributed by atoms with Crippen LogP contribution in [0.5, 0.6) is 11.5 Å². The van der Waals surface area contributed by atoms with E-state index in [1.807, 2.05) is 34.6 Å². The highest BCUT2D eigenvalue weighted by Crippen LogP contribution is 2.45. The number of ether oxygens (including phenoxy) is 4. The van der Waals surface area contributed by atoms with Crippen LogP contribution in [0.15, 0.2) is 41.5 Å². The van der Waals surface area contributed by atoms with Crippen LogP contribution in [0.4, 0.5) is 10.8 Å². The van der Waals surface area contributed by atoms with Crippen molar-refractivity contribution < 1.29 is 47.6 Å². The highest BCUT2D eigenvalue weighted by molar-refractivity contribution is 6.36. The Labute approximate surface area is 378 Å². The third-order valence-corrected chi connectivity index (χ3v) is 13.2. The standard InChI is InChI=1S/C46H62ClN7O10/c1-9-28-22-46(28,42(57)58)52-40(55)34-20-30(23-54(34)41(56)39(45(6,7)8)51-44(59)64-29-18-26(4)27(5)19-29)63-36-21-32(33-24-62-43(50-33)48-25(2)3)49-38-31(36)10-11-35(37(38)47)61-17-14-53-12-15-60-16-13-53/h9-11,21,24-30,34,39H,1,12-20,22-23H2,2-8H3,(H,48,50)(H,51,59)(H,52,55)(H,57,58)/t26-,27?,28-,29+,30-,34+,39-,46-/m1/s1. The molecule has 18 heteroatoms. The van der Waals surface area contributed by atoms with Crippen molar-refractivity contribution in [2.45, 2.75) is 110 Å². The Kier molecular flexibility index (Phi) is 14.0. The highest BCUT2D eigenvalue weighted by Gasteiger charge is 2.61. The Hall–Kier alpha value is -5.13. The van der Waals surface area contributed by atoms with Gasteiger partial charge in [-0.05, 0) is 62.5 Å². The van der Waals surface area contributed by atoms with Crippen molar-refractivity contribution in [3.05, 3.63) is 42.1 Å². The van der Waals surface area contributed by atoms with Crippen LogP contribution in [-0.4, -0.2) is 131 Å². The lowest BCUT2D eigenvalue weighted by atomic mass is 9.85. The first-order chi connectivity index (χ1) is 30.4. The minimum atomic E-state index is -1.55. The van der Waals surface area contributed by atoms with Gasteiger partial charge in [-0.1, -0.05) is 52.3 Å². The maximum absolute atomic E-state index is 14.8. The summed E-state index contributed by atoms with van der Waals surface area (Å²) in [5, 5.41) is 19.7. The van der Waals surface area contributed by atoms with E-state index in [4.69, 9.17) is 39.9 Å². The SMILES string of the molecule is C=C[C@@H]1C[C@]1(NC(=O)[C@@H]1C[C@@H](Oc2cc(-c3coc(NC(C)C)n3)nc3c(Cl)c(OCCN4CCOCC4)ccc23)CN1C(=O)[C@@H](NC(=O)O[C@@H]1CC(C)[C@H](C)C1)C(C)(C)C)C(=O)O. The van der Waals surface area contributed by atoms with Crippen molar-refractivity contribution in [3.8, 4) is 22.9 Å². The van der Waals surface area contributed by atoms with E-state index in [1.165, 1.54) is 17.2 Å². The van der Waals surface area contributed by atoms with Crippen LogP contribution in [-0.2, 0) is 23.9 Å².